The lowest BCUT2D eigenvalue weighted by Crippen LogP contribution is -2.63. The first-order valence-electron chi connectivity index (χ1n) is 5.92. The van der Waals surface area contributed by atoms with E-state index in [1.165, 1.54) is 13.0 Å². The van der Waals surface area contributed by atoms with Crippen molar-refractivity contribution >= 4 is 17.5 Å². The topological polar surface area (TPSA) is 90.7 Å². The van der Waals surface area contributed by atoms with Gasteiger partial charge in [-0.05, 0) is 19.1 Å². The van der Waals surface area contributed by atoms with Crippen LogP contribution in [0, 0.1) is 10.1 Å². The van der Waals surface area contributed by atoms with Gasteiger partial charge in [0.2, 0.25) is 5.91 Å². The second kappa shape index (κ2) is 4.92. The molecule has 1 aliphatic rings. The number of para-hydroxylation sites is 1. The van der Waals surface area contributed by atoms with E-state index >= 15 is 0 Å². The molecule has 0 spiro atoms. The molecular weight excluding hydrogens is 288 g/mol. The van der Waals surface area contributed by atoms with Crippen LogP contribution in [0.5, 0.6) is 5.75 Å². The summed E-state index contributed by atoms with van der Waals surface area (Å²) in [4.78, 5) is 22.0. The van der Waals surface area contributed by atoms with Crippen molar-refractivity contribution in [2.45, 2.75) is 24.8 Å². The molecule has 0 aromatic heterocycles. The Morgan fingerprint density at radius 1 is 1.55 bits per heavy atom. The fourth-order valence-corrected chi connectivity index (χ4v) is 2.49. The Kier molecular flexibility index (Phi) is 3.58. The molecule has 0 saturated heterocycles. The molecule has 7 nitrogen and oxygen atoms in total. The van der Waals surface area contributed by atoms with Crippen molar-refractivity contribution < 1.29 is 19.2 Å². The Hall–Kier alpha value is -1.86. The Balaban J connectivity index is 2.67. The minimum Gasteiger partial charge on any atom is -0.411 e. The van der Waals surface area contributed by atoms with Gasteiger partial charge in [-0.2, -0.15) is 0 Å². The van der Waals surface area contributed by atoms with Crippen LogP contribution in [0.1, 0.15) is 19.4 Å². The Labute approximate surface area is 120 Å². The minimum atomic E-state index is -2.46. The number of alkyl halides is 1. The highest BCUT2D eigenvalue weighted by atomic mass is 35.5. The molecule has 8 heteroatoms. The first-order valence-corrected chi connectivity index (χ1v) is 6.30. The average molecular weight is 301 g/mol. The van der Waals surface area contributed by atoms with Gasteiger partial charge in [-0.15, -0.1) is 0 Å². The Morgan fingerprint density at radius 2 is 2.20 bits per heavy atom. The van der Waals surface area contributed by atoms with Crippen LogP contribution in [-0.4, -0.2) is 22.6 Å². The number of fused-ring (bicyclic) bond motifs is 1. The van der Waals surface area contributed by atoms with Crippen LogP contribution < -0.4 is 10.1 Å². The third-order valence-electron chi connectivity index (χ3n) is 2.89. The number of amides is 1. The normalized spacial score (nSPS) is 27.6. The van der Waals surface area contributed by atoms with Gasteiger partial charge in [-0.3, -0.25) is 14.9 Å². The second-order valence-electron chi connectivity index (χ2n) is 4.21. The smallest absolute Gasteiger partial charge is 0.411 e. The van der Waals surface area contributed by atoms with E-state index in [0.29, 0.717) is 5.56 Å². The van der Waals surface area contributed by atoms with Crippen molar-refractivity contribution in [1.82, 2.24) is 5.32 Å². The van der Waals surface area contributed by atoms with Crippen molar-refractivity contribution in [3.8, 4) is 5.75 Å². The molecular formula is C12H13ClN2O5. The second-order valence-corrected chi connectivity index (χ2v) is 4.72. The summed E-state index contributed by atoms with van der Waals surface area (Å²) < 4.78 is 10.7. The van der Waals surface area contributed by atoms with E-state index in [9.17, 15) is 14.9 Å². The molecule has 1 amide bonds. The number of halogens is 1. The molecule has 0 fully saturated rings. The number of nitro groups is 1. The van der Waals surface area contributed by atoms with E-state index in [0.717, 1.165) is 0 Å². The van der Waals surface area contributed by atoms with Gasteiger partial charge in [0.1, 0.15) is 5.75 Å². The number of benzene rings is 1. The molecule has 1 aromatic rings. The molecule has 0 aliphatic carbocycles. The number of hydrogen-bond donors (Lipinski definition) is 1. The first kappa shape index (κ1) is 14.5. The zero-order valence-corrected chi connectivity index (χ0v) is 11.6. The zero-order chi connectivity index (χ0) is 15.0. The van der Waals surface area contributed by atoms with Crippen LogP contribution in [0.3, 0.4) is 0 Å². The molecule has 0 saturated carbocycles. The van der Waals surface area contributed by atoms with Crippen LogP contribution in [0.15, 0.2) is 24.3 Å². The van der Waals surface area contributed by atoms with E-state index in [1.54, 1.807) is 25.1 Å². The highest BCUT2D eigenvalue weighted by Crippen LogP contribution is 2.50. The van der Waals surface area contributed by atoms with E-state index < -0.39 is 21.7 Å². The van der Waals surface area contributed by atoms with Gasteiger partial charge in [0.25, 0.3) is 0 Å². The lowest BCUT2D eigenvalue weighted by atomic mass is 10.0. The lowest BCUT2D eigenvalue weighted by Gasteiger charge is -2.32. The molecule has 1 N–H and O–H groups in total. The van der Waals surface area contributed by atoms with E-state index in [2.05, 4.69) is 5.32 Å². The summed E-state index contributed by atoms with van der Waals surface area (Å²) in [6.07, 6.45) is 0. The first-order chi connectivity index (χ1) is 9.37. The van der Waals surface area contributed by atoms with Gasteiger partial charge >= 0.3 is 10.9 Å². The SMILES string of the molecule is CCOC1(NC(C)=O)c2ccccc2OC1(Cl)[N+](=O)[O-]. The van der Waals surface area contributed by atoms with Crippen LogP contribution >= 0.6 is 11.6 Å². The Bertz CT molecular complexity index is 567. The van der Waals surface area contributed by atoms with Crippen molar-refractivity contribution in [3.05, 3.63) is 39.9 Å². The summed E-state index contributed by atoms with van der Waals surface area (Å²) in [6.45, 7) is 2.96. The largest absolute Gasteiger partial charge is 0.496 e. The molecule has 20 heavy (non-hydrogen) atoms. The third kappa shape index (κ3) is 1.90. The number of carbonyl (C=O) groups is 1. The van der Waals surface area contributed by atoms with E-state index in [1.807, 2.05) is 0 Å². The van der Waals surface area contributed by atoms with Crippen LogP contribution in [0.2, 0.25) is 0 Å². The molecule has 1 aromatic carbocycles. The summed E-state index contributed by atoms with van der Waals surface area (Å²) >= 11 is 6.06. The maximum absolute atomic E-state index is 11.5. The van der Waals surface area contributed by atoms with Gasteiger partial charge in [0, 0.05) is 25.1 Å². The molecule has 2 unspecified atom stereocenters. The van der Waals surface area contributed by atoms with Gasteiger partial charge in [0.05, 0.1) is 10.5 Å². The summed E-state index contributed by atoms with van der Waals surface area (Å²) in [5.74, 6) is -0.327. The summed E-state index contributed by atoms with van der Waals surface area (Å²) in [5, 5.41) is 11.3. The fourth-order valence-electron chi connectivity index (χ4n) is 2.21. The van der Waals surface area contributed by atoms with E-state index in [-0.39, 0.29) is 12.4 Å². The zero-order valence-electron chi connectivity index (χ0n) is 10.9. The molecule has 0 radical (unpaired) electrons. The fraction of sp³-hybridized carbons (Fsp3) is 0.417. The number of hydrogen-bond acceptors (Lipinski definition) is 5. The number of nitrogens with zero attached hydrogens (tertiary/aromatic N) is 1. The summed E-state index contributed by atoms with van der Waals surface area (Å²) in [7, 11) is 0. The molecule has 2 rings (SSSR count). The Morgan fingerprint density at radius 3 is 2.75 bits per heavy atom. The predicted molar refractivity (Wildman–Crippen MR) is 69.8 cm³/mol. The third-order valence-corrected chi connectivity index (χ3v) is 3.37. The number of nitrogens with one attached hydrogen (secondary N) is 1. The molecule has 0 bridgehead atoms. The van der Waals surface area contributed by atoms with Gasteiger partial charge in [-0.25, -0.2) is 0 Å². The van der Waals surface area contributed by atoms with Crippen molar-refractivity contribution in [2.75, 3.05) is 6.61 Å². The molecule has 2 atom stereocenters. The van der Waals surface area contributed by atoms with Gasteiger partial charge in [-0.1, -0.05) is 12.1 Å². The highest BCUT2D eigenvalue weighted by Gasteiger charge is 2.72. The predicted octanol–water partition coefficient (Wildman–Crippen LogP) is 1.57. The monoisotopic (exact) mass is 300 g/mol. The molecule has 1 heterocycles. The quantitative estimate of drug-likeness (QED) is 0.300. The number of ether oxygens (including phenoxy) is 2. The van der Waals surface area contributed by atoms with Crippen LogP contribution in [-0.2, 0) is 15.3 Å². The maximum Gasteiger partial charge on any atom is 0.496 e. The van der Waals surface area contributed by atoms with E-state index in [4.69, 9.17) is 21.1 Å². The minimum absolute atomic E-state index is 0.0975. The number of carbonyl (C=O) groups excluding carboxylic acids is 1. The molecule has 108 valence electrons. The maximum atomic E-state index is 11.5. The lowest BCUT2D eigenvalue weighted by molar-refractivity contribution is -0.610. The van der Waals surface area contributed by atoms with Crippen molar-refractivity contribution in [1.29, 1.82) is 0 Å². The average Bonchev–Trinajstić information content (AvgIpc) is 2.60. The summed E-state index contributed by atoms with van der Waals surface area (Å²) in [5.41, 5.74) is -1.57. The van der Waals surface area contributed by atoms with Crippen molar-refractivity contribution in [3.63, 3.8) is 0 Å². The van der Waals surface area contributed by atoms with Crippen LogP contribution in [0.25, 0.3) is 0 Å². The van der Waals surface area contributed by atoms with Crippen molar-refractivity contribution in [2.24, 2.45) is 0 Å². The van der Waals surface area contributed by atoms with Gasteiger partial charge in [0.15, 0.2) is 0 Å². The highest BCUT2D eigenvalue weighted by molar-refractivity contribution is 6.23. The van der Waals surface area contributed by atoms with Crippen LogP contribution in [0.4, 0.5) is 0 Å². The number of rotatable bonds is 4. The summed E-state index contributed by atoms with van der Waals surface area (Å²) in [6, 6.07) is 6.39. The van der Waals surface area contributed by atoms with Gasteiger partial charge < -0.3 is 14.8 Å². The molecule has 1 aliphatic heterocycles. The standard InChI is InChI=1S/C12H13ClN2O5/c1-3-19-11(14-8(2)16)9-6-4-5-7-10(9)20-12(11,13)15(17)18/h4-7H,3H2,1-2H3,(H,14,16).